The van der Waals surface area contributed by atoms with Crippen molar-refractivity contribution < 1.29 is 18.1 Å². The summed E-state index contributed by atoms with van der Waals surface area (Å²) in [7, 11) is -2.14. The average molecular weight is 391 g/mol. The molecule has 0 heterocycles. The van der Waals surface area contributed by atoms with E-state index in [0.717, 1.165) is 0 Å². The van der Waals surface area contributed by atoms with Crippen molar-refractivity contribution in [3.05, 3.63) is 63.7 Å². The van der Waals surface area contributed by atoms with Gasteiger partial charge in [0.05, 0.1) is 9.82 Å². The summed E-state index contributed by atoms with van der Waals surface area (Å²) in [4.78, 5) is 22.9. The molecule has 0 bridgehead atoms. The van der Waals surface area contributed by atoms with Crippen molar-refractivity contribution >= 4 is 27.3 Å². The molecule has 0 fully saturated rings. The topological polar surface area (TPSA) is 110 Å². The monoisotopic (exact) mass is 391 g/mol. The number of carbonyl (C=O) groups excluding carboxylic acids is 1. The molecule has 27 heavy (non-hydrogen) atoms. The highest BCUT2D eigenvalue weighted by Gasteiger charge is 2.23. The Morgan fingerprint density at radius 2 is 1.74 bits per heavy atom. The van der Waals surface area contributed by atoms with Crippen LogP contribution in [0.5, 0.6) is 0 Å². The number of benzene rings is 2. The number of nitro groups is 1. The quantitative estimate of drug-likeness (QED) is 0.601. The predicted molar refractivity (Wildman–Crippen MR) is 102 cm³/mol. The Hall–Kier alpha value is -2.78. The molecule has 0 aliphatic rings. The highest BCUT2D eigenvalue weighted by Crippen LogP contribution is 2.23. The van der Waals surface area contributed by atoms with Gasteiger partial charge in [-0.3, -0.25) is 14.9 Å². The van der Waals surface area contributed by atoms with E-state index in [-0.39, 0.29) is 27.9 Å². The lowest BCUT2D eigenvalue weighted by Gasteiger charge is -2.21. The van der Waals surface area contributed by atoms with Crippen LogP contribution in [0.15, 0.2) is 47.4 Å². The zero-order chi connectivity index (χ0) is 20.4. The van der Waals surface area contributed by atoms with Gasteiger partial charge < -0.3 is 5.32 Å². The lowest BCUT2D eigenvalue weighted by atomic mass is 10.1. The zero-order valence-electron chi connectivity index (χ0n) is 15.5. The second kappa shape index (κ2) is 7.85. The first kappa shape index (κ1) is 20.5. The molecule has 0 saturated heterocycles. The second-order valence-electron chi connectivity index (χ2n) is 6.35. The van der Waals surface area contributed by atoms with Gasteiger partial charge in [-0.25, -0.2) is 8.42 Å². The van der Waals surface area contributed by atoms with Gasteiger partial charge in [0.1, 0.15) is 0 Å². The minimum absolute atomic E-state index is 0.0845. The molecule has 0 spiro atoms. The summed E-state index contributed by atoms with van der Waals surface area (Å²) in [5.41, 5.74) is 0.922. The van der Waals surface area contributed by atoms with Gasteiger partial charge in [-0.2, -0.15) is 4.31 Å². The van der Waals surface area contributed by atoms with Gasteiger partial charge in [-0.05, 0) is 51.1 Å². The first-order chi connectivity index (χ1) is 12.5. The van der Waals surface area contributed by atoms with Crippen LogP contribution in [0, 0.1) is 17.0 Å². The third-order valence-corrected chi connectivity index (χ3v) is 6.23. The van der Waals surface area contributed by atoms with Crippen molar-refractivity contribution in [2.75, 3.05) is 12.4 Å². The summed E-state index contributed by atoms with van der Waals surface area (Å²) >= 11 is 0. The van der Waals surface area contributed by atoms with E-state index in [2.05, 4.69) is 5.32 Å². The van der Waals surface area contributed by atoms with Gasteiger partial charge in [0, 0.05) is 36.0 Å². The smallest absolute Gasteiger partial charge is 0.274 e. The third kappa shape index (κ3) is 4.50. The van der Waals surface area contributed by atoms with E-state index in [1.807, 2.05) is 0 Å². The molecule has 1 N–H and O–H groups in total. The summed E-state index contributed by atoms with van der Waals surface area (Å²) in [5.74, 6) is -0.491. The highest BCUT2D eigenvalue weighted by molar-refractivity contribution is 7.89. The maximum Gasteiger partial charge on any atom is 0.274 e. The molecule has 0 atom stereocenters. The third-order valence-electron chi connectivity index (χ3n) is 4.18. The summed E-state index contributed by atoms with van der Waals surface area (Å²) in [5, 5.41) is 13.6. The fourth-order valence-corrected chi connectivity index (χ4v) is 3.68. The van der Waals surface area contributed by atoms with Gasteiger partial charge >= 0.3 is 0 Å². The fraction of sp³-hybridized carbons (Fsp3) is 0.278. The maximum absolute atomic E-state index is 12.4. The van der Waals surface area contributed by atoms with E-state index in [1.54, 1.807) is 32.9 Å². The fourth-order valence-electron chi connectivity index (χ4n) is 2.31. The predicted octanol–water partition coefficient (Wildman–Crippen LogP) is 3.18. The van der Waals surface area contributed by atoms with Crippen LogP contribution in [-0.4, -0.2) is 36.6 Å². The van der Waals surface area contributed by atoms with Crippen LogP contribution in [0.4, 0.5) is 11.4 Å². The van der Waals surface area contributed by atoms with Crippen molar-refractivity contribution in [3.8, 4) is 0 Å². The number of hydrogen-bond donors (Lipinski definition) is 1. The van der Waals surface area contributed by atoms with Crippen molar-refractivity contribution in [2.45, 2.75) is 31.7 Å². The molecule has 0 aliphatic heterocycles. The SMILES string of the molecule is Cc1ccc(NC(=O)c2ccc(S(=O)(=O)N(C)C(C)C)cc2)cc1[N+](=O)[O-]. The van der Waals surface area contributed by atoms with Crippen LogP contribution in [0.2, 0.25) is 0 Å². The Balaban J connectivity index is 2.22. The van der Waals surface area contributed by atoms with Crippen LogP contribution in [0.1, 0.15) is 29.8 Å². The molecule has 0 unspecified atom stereocenters. The van der Waals surface area contributed by atoms with E-state index in [4.69, 9.17) is 0 Å². The largest absolute Gasteiger partial charge is 0.322 e. The molecule has 0 aromatic heterocycles. The summed E-state index contributed by atoms with van der Waals surface area (Å²) < 4.78 is 26.1. The molecule has 2 rings (SSSR count). The molecular formula is C18H21N3O5S. The van der Waals surface area contributed by atoms with Crippen LogP contribution in [0.3, 0.4) is 0 Å². The molecule has 0 radical (unpaired) electrons. The second-order valence-corrected chi connectivity index (χ2v) is 8.35. The number of nitro benzene ring substituents is 1. The molecule has 0 aliphatic carbocycles. The molecule has 144 valence electrons. The number of rotatable bonds is 6. The number of amides is 1. The van der Waals surface area contributed by atoms with Crippen LogP contribution in [-0.2, 0) is 10.0 Å². The Morgan fingerprint density at radius 1 is 1.15 bits per heavy atom. The molecular weight excluding hydrogens is 370 g/mol. The van der Waals surface area contributed by atoms with Gasteiger partial charge in [0.15, 0.2) is 0 Å². The van der Waals surface area contributed by atoms with Crippen LogP contribution >= 0.6 is 0 Å². The number of anilines is 1. The van der Waals surface area contributed by atoms with Crippen molar-refractivity contribution in [2.24, 2.45) is 0 Å². The van der Waals surface area contributed by atoms with E-state index in [0.29, 0.717) is 5.56 Å². The van der Waals surface area contributed by atoms with Crippen LogP contribution in [0.25, 0.3) is 0 Å². The first-order valence-corrected chi connectivity index (χ1v) is 9.62. The van der Waals surface area contributed by atoms with E-state index in [9.17, 15) is 23.3 Å². The van der Waals surface area contributed by atoms with Crippen molar-refractivity contribution in [3.63, 3.8) is 0 Å². The maximum atomic E-state index is 12.4. The van der Waals surface area contributed by atoms with Crippen molar-refractivity contribution in [1.29, 1.82) is 0 Å². The van der Waals surface area contributed by atoms with Gasteiger partial charge in [0.2, 0.25) is 10.0 Å². The Bertz CT molecular complexity index is 969. The Kier molecular flexibility index (Phi) is 5.97. The summed E-state index contributed by atoms with van der Waals surface area (Å²) in [6.45, 7) is 5.14. The van der Waals surface area contributed by atoms with Gasteiger partial charge in [-0.1, -0.05) is 6.07 Å². The van der Waals surface area contributed by atoms with E-state index in [1.165, 1.54) is 41.7 Å². The zero-order valence-corrected chi connectivity index (χ0v) is 16.3. The minimum Gasteiger partial charge on any atom is -0.322 e. The molecule has 1 amide bonds. The molecule has 9 heteroatoms. The molecule has 2 aromatic rings. The minimum atomic E-state index is -3.63. The average Bonchev–Trinajstić information content (AvgIpc) is 2.62. The van der Waals surface area contributed by atoms with Crippen LogP contribution < -0.4 is 5.32 Å². The highest BCUT2D eigenvalue weighted by atomic mass is 32.2. The normalized spacial score (nSPS) is 11.6. The Morgan fingerprint density at radius 3 is 2.26 bits per heavy atom. The number of nitrogens with one attached hydrogen (secondary N) is 1. The standard InChI is InChI=1S/C18H21N3O5S/c1-12(2)20(4)27(25,26)16-9-6-14(7-10-16)18(22)19-15-8-5-13(3)17(11-15)21(23)24/h5-12H,1-4H3,(H,19,22). The van der Waals surface area contributed by atoms with Gasteiger partial charge in [-0.15, -0.1) is 0 Å². The number of sulfonamides is 1. The summed E-state index contributed by atoms with van der Waals surface area (Å²) in [6, 6.07) is 9.72. The number of aryl methyl sites for hydroxylation is 1. The Labute approximate surface area is 158 Å². The molecule has 8 nitrogen and oxygen atoms in total. The molecule has 2 aromatic carbocycles. The number of nitrogens with zero attached hydrogens (tertiary/aromatic N) is 2. The number of hydrogen-bond acceptors (Lipinski definition) is 5. The molecule has 0 saturated carbocycles. The first-order valence-electron chi connectivity index (χ1n) is 8.18. The number of carbonyl (C=O) groups is 1. The lowest BCUT2D eigenvalue weighted by molar-refractivity contribution is -0.385. The lowest BCUT2D eigenvalue weighted by Crippen LogP contribution is -2.33. The van der Waals surface area contributed by atoms with Gasteiger partial charge in [0.25, 0.3) is 11.6 Å². The van der Waals surface area contributed by atoms with Crippen molar-refractivity contribution in [1.82, 2.24) is 4.31 Å². The summed E-state index contributed by atoms with van der Waals surface area (Å²) in [6.07, 6.45) is 0. The van der Waals surface area contributed by atoms with E-state index < -0.39 is 20.9 Å². The van der Waals surface area contributed by atoms with E-state index >= 15 is 0 Å².